The molecule has 0 unspecified atom stereocenters. The lowest BCUT2D eigenvalue weighted by atomic mass is 10.2. The van der Waals surface area contributed by atoms with Gasteiger partial charge in [-0.05, 0) is 18.6 Å². The van der Waals surface area contributed by atoms with Gasteiger partial charge in [0.15, 0.2) is 5.75 Å². The molecule has 1 N–H and O–H groups in total. The third kappa shape index (κ3) is 3.21. The summed E-state index contributed by atoms with van der Waals surface area (Å²) >= 11 is 0. The Hall–Kier alpha value is -1.62. The summed E-state index contributed by atoms with van der Waals surface area (Å²) in [5, 5.41) is 19.2. The van der Waals surface area contributed by atoms with E-state index in [2.05, 4.69) is 0 Å². The summed E-state index contributed by atoms with van der Waals surface area (Å²) < 4.78 is 5.19. The van der Waals surface area contributed by atoms with Crippen molar-refractivity contribution in [2.45, 2.75) is 13.3 Å². The van der Waals surface area contributed by atoms with Gasteiger partial charge in [-0.2, -0.15) is 0 Å². The third-order valence-electron chi connectivity index (χ3n) is 1.87. The molecule has 5 heteroatoms. The summed E-state index contributed by atoms with van der Waals surface area (Å²) in [6, 6.07) is 4.79. The van der Waals surface area contributed by atoms with Crippen molar-refractivity contribution in [3.63, 3.8) is 0 Å². The first-order chi connectivity index (χ1) is 7.15. The number of hydrogen-bond donors (Lipinski definition) is 1. The average molecular weight is 211 g/mol. The second kappa shape index (κ2) is 5.31. The van der Waals surface area contributed by atoms with Gasteiger partial charge < -0.3 is 9.84 Å². The Balaban J connectivity index is 2.81. The fourth-order valence-electron chi connectivity index (χ4n) is 1.14. The van der Waals surface area contributed by atoms with E-state index in [1.54, 1.807) is 19.1 Å². The van der Waals surface area contributed by atoms with Crippen LogP contribution in [0.25, 0.3) is 0 Å². The van der Waals surface area contributed by atoms with Crippen LogP contribution < -0.4 is 4.74 Å². The highest BCUT2D eigenvalue weighted by atomic mass is 16.6. The van der Waals surface area contributed by atoms with Crippen molar-refractivity contribution in [3.8, 4) is 5.75 Å². The molecule has 1 aromatic rings. The monoisotopic (exact) mass is 211 g/mol. The molecule has 0 saturated heterocycles. The number of aliphatic hydroxyl groups is 1. The number of ether oxygens (including phenoxy) is 1. The van der Waals surface area contributed by atoms with E-state index in [9.17, 15) is 10.1 Å². The Morgan fingerprint density at radius 1 is 1.53 bits per heavy atom. The highest BCUT2D eigenvalue weighted by Crippen LogP contribution is 2.27. The third-order valence-corrected chi connectivity index (χ3v) is 1.87. The molecule has 0 spiro atoms. The van der Waals surface area contributed by atoms with Crippen molar-refractivity contribution in [2.75, 3.05) is 13.2 Å². The van der Waals surface area contributed by atoms with E-state index in [0.717, 1.165) is 5.56 Å². The van der Waals surface area contributed by atoms with Gasteiger partial charge in [0.2, 0.25) is 0 Å². The van der Waals surface area contributed by atoms with Gasteiger partial charge in [0.25, 0.3) is 0 Å². The Morgan fingerprint density at radius 2 is 2.27 bits per heavy atom. The first kappa shape index (κ1) is 11.5. The minimum Gasteiger partial charge on any atom is -0.487 e. The van der Waals surface area contributed by atoms with Crippen LogP contribution in [0.5, 0.6) is 5.75 Å². The quantitative estimate of drug-likeness (QED) is 0.456. The highest BCUT2D eigenvalue weighted by Gasteiger charge is 2.14. The number of benzene rings is 1. The van der Waals surface area contributed by atoms with E-state index in [-0.39, 0.29) is 24.7 Å². The first-order valence-electron chi connectivity index (χ1n) is 4.64. The van der Waals surface area contributed by atoms with Crippen molar-refractivity contribution in [1.82, 2.24) is 0 Å². The minimum absolute atomic E-state index is 0.0136. The summed E-state index contributed by atoms with van der Waals surface area (Å²) in [7, 11) is 0. The van der Waals surface area contributed by atoms with E-state index in [1.807, 2.05) is 0 Å². The van der Waals surface area contributed by atoms with Crippen LogP contribution in [0.3, 0.4) is 0 Å². The highest BCUT2D eigenvalue weighted by molar-refractivity contribution is 5.48. The van der Waals surface area contributed by atoms with Gasteiger partial charge in [-0.15, -0.1) is 0 Å². The molecule has 0 amide bonds. The van der Waals surface area contributed by atoms with Gasteiger partial charge in [-0.25, -0.2) is 0 Å². The second-order valence-electron chi connectivity index (χ2n) is 3.15. The molecule has 0 aromatic heterocycles. The van der Waals surface area contributed by atoms with Crippen LogP contribution in [0, 0.1) is 17.0 Å². The van der Waals surface area contributed by atoms with Gasteiger partial charge >= 0.3 is 5.69 Å². The largest absolute Gasteiger partial charge is 0.487 e. The molecule has 0 fully saturated rings. The maximum atomic E-state index is 10.7. The second-order valence-corrected chi connectivity index (χ2v) is 3.15. The fraction of sp³-hybridized carbons (Fsp3) is 0.400. The maximum Gasteiger partial charge on any atom is 0.311 e. The average Bonchev–Trinajstić information content (AvgIpc) is 2.20. The van der Waals surface area contributed by atoms with Crippen LogP contribution in [-0.4, -0.2) is 23.2 Å². The summed E-state index contributed by atoms with van der Waals surface area (Å²) in [6.45, 7) is 2.07. The van der Waals surface area contributed by atoms with E-state index in [4.69, 9.17) is 9.84 Å². The molecule has 82 valence electrons. The van der Waals surface area contributed by atoms with Gasteiger partial charge in [0, 0.05) is 19.1 Å². The summed E-state index contributed by atoms with van der Waals surface area (Å²) in [5.41, 5.74) is 0.782. The Labute approximate surface area is 87.5 Å². The van der Waals surface area contributed by atoms with Crippen LogP contribution in [0.15, 0.2) is 18.2 Å². The van der Waals surface area contributed by atoms with E-state index in [1.165, 1.54) is 6.07 Å². The molecular formula is C10H13NO4. The number of aliphatic hydroxyl groups excluding tert-OH is 1. The lowest BCUT2D eigenvalue weighted by molar-refractivity contribution is -0.385. The summed E-state index contributed by atoms with van der Waals surface area (Å²) in [6.07, 6.45) is 0.463. The van der Waals surface area contributed by atoms with Gasteiger partial charge in [-0.1, -0.05) is 6.07 Å². The van der Waals surface area contributed by atoms with Crippen molar-refractivity contribution in [1.29, 1.82) is 0 Å². The molecule has 0 aliphatic rings. The topological polar surface area (TPSA) is 72.6 Å². The molecule has 5 nitrogen and oxygen atoms in total. The number of nitro groups is 1. The molecule has 1 rings (SSSR count). The predicted octanol–water partition coefficient (Wildman–Crippen LogP) is 1.66. The molecule has 0 heterocycles. The zero-order valence-corrected chi connectivity index (χ0v) is 8.47. The molecule has 0 atom stereocenters. The van der Waals surface area contributed by atoms with Gasteiger partial charge in [-0.3, -0.25) is 10.1 Å². The van der Waals surface area contributed by atoms with Crippen molar-refractivity contribution in [2.24, 2.45) is 0 Å². The lowest BCUT2D eigenvalue weighted by Crippen LogP contribution is -2.02. The molecule has 0 aliphatic heterocycles. The van der Waals surface area contributed by atoms with Crippen LogP contribution in [-0.2, 0) is 0 Å². The summed E-state index contributed by atoms with van der Waals surface area (Å²) in [4.78, 5) is 10.2. The molecule has 1 aromatic carbocycles. The number of aryl methyl sites for hydroxylation is 1. The zero-order chi connectivity index (χ0) is 11.3. The van der Waals surface area contributed by atoms with Gasteiger partial charge in [0.1, 0.15) is 0 Å². The van der Waals surface area contributed by atoms with Crippen molar-refractivity contribution >= 4 is 5.69 Å². The molecule has 0 radical (unpaired) electrons. The van der Waals surface area contributed by atoms with Crippen LogP contribution in [0.2, 0.25) is 0 Å². The molecule has 15 heavy (non-hydrogen) atoms. The smallest absolute Gasteiger partial charge is 0.311 e. The van der Waals surface area contributed by atoms with Crippen LogP contribution in [0.4, 0.5) is 5.69 Å². The van der Waals surface area contributed by atoms with Crippen molar-refractivity contribution < 1.29 is 14.8 Å². The lowest BCUT2D eigenvalue weighted by Gasteiger charge is -2.05. The summed E-state index contributed by atoms with van der Waals surface area (Å²) in [5.74, 6) is 0.249. The van der Waals surface area contributed by atoms with Gasteiger partial charge in [0.05, 0.1) is 11.5 Å². The number of hydrogen-bond acceptors (Lipinski definition) is 4. The number of nitro benzene ring substituents is 1. The molecule has 0 aliphatic carbocycles. The van der Waals surface area contributed by atoms with E-state index in [0.29, 0.717) is 6.42 Å². The number of rotatable bonds is 5. The van der Waals surface area contributed by atoms with Crippen LogP contribution >= 0.6 is 0 Å². The Kier molecular flexibility index (Phi) is 4.05. The Morgan fingerprint density at radius 3 is 2.87 bits per heavy atom. The van der Waals surface area contributed by atoms with E-state index >= 15 is 0 Å². The molecule has 0 bridgehead atoms. The maximum absolute atomic E-state index is 10.7. The predicted molar refractivity (Wildman–Crippen MR) is 55.0 cm³/mol. The first-order valence-corrected chi connectivity index (χ1v) is 4.64. The molecule has 0 saturated carbocycles. The normalized spacial score (nSPS) is 10.0. The van der Waals surface area contributed by atoms with Crippen molar-refractivity contribution in [3.05, 3.63) is 33.9 Å². The van der Waals surface area contributed by atoms with E-state index < -0.39 is 4.92 Å². The fourth-order valence-corrected chi connectivity index (χ4v) is 1.14. The number of nitrogens with zero attached hydrogens (tertiary/aromatic N) is 1. The minimum atomic E-state index is -0.471. The SMILES string of the molecule is Cc1ccc(OCCCO)c([N+](=O)[O-])c1. The zero-order valence-electron chi connectivity index (χ0n) is 8.47. The standard InChI is InChI=1S/C10H13NO4/c1-8-3-4-10(15-6-2-5-12)9(7-8)11(13)14/h3-4,7,12H,2,5-6H2,1H3. The Bertz CT molecular complexity index is 351. The van der Waals surface area contributed by atoms with Crippen LogP contribution in [0.1, 0.15) is 12.0 Å². The molecular weight excluding hydrogens is 198 g/mol.